The Labute approximate surface area is 201 Å². The Morgan fingerprint density at radius 2 is 1.97 bits per heavy atom. The van der Waals surface area contributed by atoms with Crippen LogP contribution in [0, 0.1) is 12.7 Å². The van der Waals surface area contributed by atoms with E-state index in [1.807, 2.05) is 24.4 Å². The van der Waals surface area contributed by atoms with Gasteiger partial charge in [-0.05, 0) is 48.7 Å². The van der Waals surface area contributed by atoms with Crippen molar-refractivity contribution in [2.45, 2.75) is 6.92 Å². The molecule has 170 valence electrons. The number of amides is 2. The third-order valence-electron chi connectivity index (χ3n) is 4.93. The molecule has 0 aliphatic heterocycles. The van der Waals surface area contributed by atoms with Crippen LogP contribution in [0.1, 0.15) is 15.5 Å². The topological polar surface area (TPSA) is 93.2 Å². The van der Waals surface area contributed by atoms with Crippen LogP contribution in [0.2, 0.25) is 0 Å². The van der Waals surface area contributed by atoms with Crippen LogP contribution >= 0.6 is 22.7 Å². The summed E-state index contributed by atoms with van der Waals surface area (Å²) in [6.45, 7) is 1.65. The van der Waals surface area contributed by atoms with E-state index in [0.717, 1.165) is 31.4 Å². The van der Waals surface area contributed by atoms with E-state index in [4.69, 9.17) is 4.74 Å². The fourth-order valence-electron chi connectivity index (χ4n) is 3.45. The van der Waals surface area contributed by atoms with Gasteiger partial charge in [0.25, 0.3) is 11.8 Å². The molecule has 7 nitrogen and oxygen atoms in total. The number of ether oxygens (including phenoxy) is 1. The van der Waals surface area contributed by atoms with Gasteiger partial charge in [0, 0.05) is 17.6 Å². The van der Waals surface area contributed by atoms with Crippen LogP contribution in [0.5, 0.6) is 5.75 Å². The normalized spacial score (nSPS) is 11.0. The van der Waals surface area contributed by atoms with E-state index in [0.29, 0.717) is 5.75 Å². The average Bonchev–Trinajstić information content (AvgIpc) is 3.46. The second-order valence-electron chi connectivity index (χ2n) is 7.31. The lowest BCUT2D eigenvalue weighted by Gasteiger charge is -2.13. The number of aryl methyl sites for hydroxylation is 1. The number of fused-ring (bicyclic) bond motifs is 3. The van der Waals surface area contributed by atoms with Crippen molar-refractivity contribution in [3.8, 4) is 5.75 Å². The van der Waals surface area contributed by atoms with Gasteiger partial charge in [-0.2, -0.15) is 0 Å². The second kappa shape index (κ2) is 9.16. The maximum absolute atomic E-state index is 13.9. The van der Waals surface area contributed by atoms with Crippen molar-refractivity contribution in [2.24, 2.45) is 0 Å². The van der Waals surface area contributed by atoms with Crippen molar-refractivity contribution >= 4 is 66.2 Å². The van der Waals surface area contributed by atoms with Crippen LogP contribution < -0.4 is 15.4 Å². The lowest BCUT2D eigenvalue weighted by atomic mass is 10.2. The summed E-state index contributed by atoms with van der Waals surface area (Å²) in [6, 6.07) is 12.4. The molecular weight excluding hydrogens is 475 g/mol. The molecule has 5 aromatic rings. The Bertz CT molecular complexity index is 1530. The molecule has 0 radical (unpaired) electrons. The summed E-state index contributed by atoms with van der Waals surface area (Å²) in [7, 11) is 0. The molecule has 0 saturated carbocycles. The number of nitrogens with zero attached hydrogens (tertiary/aromatic N) is 2. The summed E-state index contributed by atoms with van der Waals surface area (Å²) < 4.78 is 21.7. The molecule has 0 bridgehead atoms. The van der Waals surface area contributed by atoms with Gasteiger partial charge < -0.3 is 15.4 Å². The number of halogens is 1. The lowest BCUT2D eigenvalue weighted by molar-refractivity contribution is -0.118. The summed E-state index contributed by atoms with van der Waals surface area (Å²) >= 11 is 3.12. The number of nitrogens with one attached hydrogen (secondary N) is 2. The predicted molar refractivity (Wildman–Crippen MR) is 132 cm³/mol. The SMILES string of the molecule is Cc1nc2c(cc(OCC(=O)Nc3cc(F)ccc3NC(=O)c3ccccn3)c3ccsc32)s1. The standard InChI is InChI=1S/C24H17FN4O3S2/c1-13-27-22-20(34-13)11-19(15-7-9-33-23(15)22)32-12-21(30)28-18-10-14(25)5-6-16(18)29-24(31)17-4-2-3-8-26-17/h2-11H,12H2,1H3,(H,28,30)(H,29,31). The number of hydrogen-bond acceptors (Lipinski definition) is 7. The van der Waals surface area contributed by atoms with Crippen LogP contribution in [-0.2, 0) is 4.79 Å². The second-order valence-corrected chi connectivity index (χ2v) is 9.46. The highest BCUT2D eigenvalue weighted by Gasteiger charge is 2.16. The Morgan fingerprint density at radius 3 is 2.79 bits per heavy atom. The smallest absolute Gasteiger partial charge is 0.274 e. The van der Waals surface area contributed by atoms with E-state index in [9.17, 15) is 14.0 Å². The van der Waals surface area contributed by atoms with Crippen molar-refractivity contribution in [1.29, 1.82) is 0 Å². The average molecular weight is 493 g/mol. The number of pyridine rings is 1. The fraction of sp³-hybridized carbons (Fsp3) is 0.0833. The Kier molecular flexibility index (Phi) is 5.91. The first-order valence-electron chi connectivity index (χ1n) is 10.2. The molecule has 0 atom stereocenters. The zero-order chi connectivity index (χ0) is 23.7. The molecule has 3 aromatic heterocycles. The van der Waals surface area contributed by atoms with Gasteiger partial charge in [-0.1, -0.05) is 6.07 Å². The Hall–Kier alpha value is -3.89. The van der Waals surface area contributed by atoms with Gasteiger partial charge in [-0.15, -0.1) is 22.7 Å². The van der Waals surface area contributed by atoms with E-state index >= 15 is 0 Å². The molecule has 3 heterocycles. The molecule has 2 aromatic carbocycles. The van der Waals surface area contributed by atoms with E-state index in [1.165, 1.54) is 18.3 Å². The van der Waals surface area contributed by atoms with Gasteiger partial charge in [0.1, 0.15) is 17.3 Å². The van der Waals surface area contributed by atoms with E-state index in [-0.39, 0.29) is 23.7 Å². The minimum atomic E-state index is -0.557. The van der Waals surface area contributed by atoms with Crippen LogP contribution in [0.4, 0.5) is 15.8 Å². The van der Waals surface area contributed by atoms with Gasteiger partial charge in [0.05, 0.1) is 31.3 Å². The zero-order valence-electron chi connectivity index (χ0n) is 17.8. The monoisotopic (exact) mass is 492 g/mol. The summed E-state index contributed by atoms with van der Waals surface area (Å²) in [5, 5.41) is 9.05. The first kappa shape index (κ1) is 21.9. The van der Waals surface area contributed by atoms with Gasteiger partial charge in [-0.3, -0.25) is 14.6 Å². The third-order valence-corrected chi connectivity index (χ3v) is 6.77. The molecule has 0 saturated heterocycles. The van der Waals surface area contributed by atoms with Gasteiger partial charge in [-0.25, -0.2) is 9.37 Å². The molecule has 34 heavy (non-hydrogen) atoms. The van der Waals surface area contributed by atoms with E-state index in [1.54, 1.807) is 40.9 Å². The number of rotatable bonds is 6. The number of thiazole rings is 1. The first-order valence-corrected chi connectivity index (χ1v) is 11.9. The van der Waals surface area contributed by atoms with E-state index < -0.39 is 17.6 Å². The van der Waals surface area contributed by atoms with Crippen molar-refractivity contribution in [3.05, 3.63) is 76.6 Å². The maximum atomic E-state index is 13.9. The van der Waals surface area contributed by atoms with Crippen molar-refractivity contribution in [3.63, 3.8) is 0 Å². The molecule has 0 aliphatic carbocycles. The molecule has 0 aliphatic rings. The Balaban J connectivity index is 1.32. The van der Waals surface area contributed by atoms with Gasteiger partial charge >= 0.3 is 0 Å². The molecular formula is C24H17FN4O3S2. The third kappa shape index (κ3) is 4.45. The quantitative estimate of drug-likeness (QED) is 0.321. The summed E-state index contributed by atoms with van der Waals surface area (Å²) in [4.78, 5) is 33.7. The minimum Gasteiger partial charge on any atom is -0.483 e. The van der Waals surface area contributed by atoms with Crippen LogP contribution in [0.3, 0.4) is 0 Å². The lowest BCUT2D eigenvalue weighted by Crippen LogP contribution is -2.22. The van der Waals surface area contributed by atoms with Crippen molar-refractivity contribution in [2.75, 3.05) is 17.2 Å². The maximum Gasteiger partial charge on any atom is 0.274 e. The number of carbonyl (C=O) groups excluding carboxylic acids is 2. The molecule has 2 amide bonds. The van der Waals surface area contributed by atoms with Crippen LogP contribution in [0.15, 0.2) is 60.1 Å². The number of carbonyl (C=O) groups is 2. The van der Waals surface area contributed by atoms with Gasteiger partial charge in [0.2, 0.25) is 0 Å². The highest BCUT2D eigenvalue weighted by Crippen LogP contribution is 2.38. The number of hydrogen-bond donors (Lipinski definition) is 2. The summed E-state index contributed by atoms with van der Waals surface area (Å²) in [5.74, 6) is -0.960. The summed E-state index contributed by atoms with van der Waals surface area (Å²) in [5.41, 5.74) is 1.48. The number of benzene rings is 2. The number of anilines is 2. The van der Waals surface area contributed by atoms with Crippen molar-refractivity contribution in [1.82, 2.24) is 9.97 Å². The van der Waals surface area contributed by atoms with Crippen LogP contribution in [0.25, 0.3) is 20.3 Å². The predicted octanol–water partition coefficient (Wildman–Crippen LogP) is 5.62. The van der Waals surface area contributed by atoms with Crippen LogP contribution in [-0.4, -0.2) is 28.4 Å². The van der Waals surface area contributed by atoms with Crippen molar-refractivity contribution < 1.29 is 18.7 Å². The number of aromatic nitrogens is 2. The first-order chi connectivity index (χ1) is 16.5. The van der Waals surface area contributed by atoms with E-state index in [2.05, 4.69) is 20.6 Å². The molecule has 0 unspecified atom stereocenters. The van der Waals surface area contributed by atoms with Gasteiger partial charge in [0.15, 0.2) is 6.61 Å². The molecule has 10 heteroatoms. The Morgan fingerprint density at radius 1 is 1.09 bits per heavy atom. The highest BCUT2D eigenvalue weighted by atomic mass is 32.1. The summed E-state index contributed by atoms with van der Waals surface area (Å²) in [6.07, 6.45) is 1.50. The zero-order valence-corrected chi connectivity index (χ0v) is 19.4. The molecule has 0 fully saturated rings. The molecule has 2 N–H and O–H groups in total. The number of thiophene rings is 1. The molecule has 5 rings (SSSR count). The minimum absolute atomic E-state index is 0.118. The fourth-order valence-corrected chi connectivity index (χ4v) is 5.28. The molecule has 0 spiro atoms. The largest absolute Gasteiger partial charge is 0.483 e. The highest BCUT2D eigenvalue weighted by molar-refractivity contribution is 7.21.